The molecule has 0 bridgehead atoms. The number of nitrogens with zero attached hydrogens (tertiary/aromatic N) is 2. The molecule has 1 saturated heterocycles. The SMILES string of the molecule is CC(C)N1CCN(C(=O)c2ccc(Cl)c(S(=O)O)c2)CC1. The number of carbonyl (C=O) groups excluding carboxylic acids is 1. The molecule has 1 fully saturated rings. The molecule has 116 valence electrons. The summed E-state index contributed by atoms with van der Waals surface area (Å²) in [5.74, 6) is -0.123. The molecule has 1 amide bonds. The summed E-state index contributed by atoms with van der Waals surface area (Å²) < 4.78 is 20.4. The van der Waals surface area contributed by atoms with Crippen molar-refractivity contribution in [2.45, 2.75) is 24.8 Å². The van der Waals surface area contributed by atoms with E-state index in [0.29, 0.717) is 24.7 Å². The van der Waals surface area contributed by atoms with Gasteiger partial charge in [0.2, 0.25) is 0 Å². The first-order chi connectivity index (χ1) is 9.90. The van der Waals surface area contributed by atoms with Crippen LogP contribution in [0.4, 0.5) is 0 Å². The van der Waals surface area contributed by atoms with Gasteiger partial charge in [-0.2, -0.15) is 0 Å². The molecule has 1 aromatic carbocycles. The normalized spacial score (nSPS) is 18.0. The van der Waals surface area contributed by atoms with E-state index in [9.17, 15) is 13.6 Å². The summed E-state index contributed by atoms with van der Waals surface area (Å²) >= 11 is 3.66. The number of hydrogen-bond donors (Lipinski definition) is 1. The number of piperazine rings is 1. The summed E-state index contributed by atoms with van der Waals surface area (Å²) in [5, 5.41) is 0.192. The van der Waals surface area contributed by atoms with Crippen LogP contribution in [0.15, 0.2) is 23.1 Å². The van der Waals surface area contributed by atoms with Crippen LogP contribution in [0.3, 0.4) is 0 Å². The van der Waals surface area contributed by atoms with Crippen LogP contribution in [0.25, 0.3) is 0 Å². The van der Waals surface area contributed by atoms with Gasteiger partial charge in [0.25, 0.3) is 5.91 Å². The first-order valence-electron chi connectivity index (χ1n) is 6.84. The Balaban J connectivity index is 2.11. The predicted molar refractivity (Wildman–Crippen MR) is 83.1 cm³/mol. The minimum absolute atomic E-state index is 0.0725. The van der Waals surface area contributed by atoms with Crippen LogP contribution in [-0.2, 0) is 11.1 Å². The molecule has 2 rings (SSSR count). The van der Waals surface area contributed by atoms with Gasteiger partial charge >= 0.3 is 0 Å². The fourth-order valence-corrected chi connectivity index (χ4v) is 3.17. The lowest BCUT2D eigenvalue weighted by molar-refractivity contribution is 0.0595. The molecule has 21 heavy (non-hydrogen) atoms. The van der Waals surface area contributed by atoms with Gasteiger partial charge in [-0.1, -0.05) is 11.6 Å². The molecule has 0 aliphatic carbocycles. The topological polar surface area (TPSA) is 60.9 Å². The average molecular weight is 331 g/mol. The van der Waals surface area contributed by atoms with Crippen molar-refractivity contribution in [3.05, 3.63) is 28.8 Å². The number of amides is 1. The summed E-state index contributed by atoms with van der Waals surface area (Å²) in [5.41, 5.74) is 0.398. The standard InChI is InChI=1S/C14H19ClN2O3S/c1-10(2)16-5-7-17(8-6-16)14(18)11-3-4-12(15)13(9-11)21(19)20/h3-4,9-10H,5-8H2,1-2H3,(H,19,20). The molecule has 1 aliphatic rings. The lowest BCUT2D eigenvalue weighted by atomic mass is 10.1. The molecular weight excluding hydrogens is 312 g/mol. The van der Waals surface area contributed by atoms with Gasteiger partial charge in [-0.3, -0.25) is 9.69 Å². The van der Waals surface area contributed by atoms with Gasteiger partial charge in [-0.25, -0.2) is 4.21 Å². The molecule has 0 spiro atoms. The van der Waals surface area contributed by atoms with Gasteiger partial charge in [0.1, 0.15) is 0 Å². The Hall–Kier alpha value is -0.950. The van der Waals surface area contributed by atoms with Gasteiger partial charge in [0.15, 0.2) is 11.1 Å². The highest BCUT2D eigenvalue weighted by Gasteiger charge is 2.24. The first-order valence-corrected chi connectivity index (χ1v) is 8.32. The van der Waals surface area contributed by atoms with Crippen molar-refractivity contribution in [1.82, 2.24) is 9.80 Å². The Labute approximate surface area is 132 Å². The van der Waals surface area contributed by atoms with Crippen LogP contribution in [0, 0.1) is 0 Å². The molecule has 5 nitrogen and oxygen atoms in total. The number of benzene rings is 1. The van der Waals surface area contributed by atoms with Crippen molar-refractivity contribution in [2.75, 3.05) is 26.2 Å². The highest BCUT2D eigenvalue weighted by molar-refractivity contribution is 7.79. The summed E-state index contributed by atoms with van der Waals surface area (Å²) in [6, 6.07) is 4.95. The zero-order valence-corrected chi connectivity index (χ0v) is 13.7. The second-order valence-electron chi connectivity index (χ2n) is 5.32. The van der Waals surface area contributed by atoms with E-state index in [-0.39, 0.29) is 15.8 Å². The van der Waals surface area contributed by atoms with Crippen LogP contribution in [0.2, 0.25) is 5.02 Å². The maximum Gasteiger partial charge on any atom is 0.253 e. The maximum absolute atomic E-state index is 12.4. The first kappa shape index (κ1) is 16.4. The smallest absolute Gasteiger partial charge is 0.253 e. The highest BCUT2D eigenvalue weighted by Crippen LogP contribution is 2.21. The second kappa shape index (κ2) is 6.87. The van der Waals surface area contributed by atoms with Crippen molar-refractivity contribution in [1.29, 1.82) is 0 Å². The Kier molecular flexibility index (Phi) is 5.37. The summed E-state index contributed by atoms with van der Waals surface area (Å²) in [6.45, 7) is 7.29. The van der Waals surface area contributed by atoms with Gasteiger partial charge in [0.05, 0.1) is 9.92 Å². The van der Waals surface area contributed by atoms with Gasteiger partial charge < -0.3 is 9.45 Å². The molecule has 1 aromatic rings. The second-order valence-corrected chi connectivity index (χ2v) is 6.66. The number of carbonyl (C=O) groups is 1. The maximum atomic E-state index is 12.4. The van der Waals surface area contributed by atoms with E-state index in [1.165, 1.54) is 12.1 Å². The average Bonchev–Trinajstić information content (AvgIpc) is 2.46. The zero-order valence-electron chi connectivity index (χ0n) is 12.1. The summed E-state index contributed by atoms with van der Waals surface area (Å²) in [4.78, 5) is 16.6. The van der Waals surface area contributed by atoms with E-state index in [1.807, 2.05) is 0 Å². The highest BCUT2D eigenvalue weighted by atomic mass is 35.5. The molecule has 1 aliphatic heterocycles. The van der Waals surface area contributed by atoms with Gasteiger partial charge in [-0.15, -0.1) is 0 Å². The Morgan fingerprint density at radius 3 is 2.43 bits per heavy atom. The van der Waals surface area contributed by atoms with E-state index >= 15 is 0 Å². The lowest BCUT2D eigenvalue weighted by Gasteiger charge is -2.37. The third kappa shape index (κ3) is 3.83. The van der Waals surface area contributed by atoms with Crippen molar-refractivity contribution < 1.29 is 13.6 Å². The van der Waals surface area contributed by atoms with E-state index in [2.05, 4.69) is 18.7 Å². The lowest BCUT2D eigenvalue weighted by Crippen LogP contribution is -2.50. The Morgan fingerprint density at radius 1 is 1.29 bits per heavy atom. The Bertz CT molecular complexity index is 557. The molecule has 1 N–H and O–H groups in total. The van der Waals surface area contributed by atoms with Crippen molar-refractivity contribution in [3.63, 3.8) is 0 Å². The molecule has 7 heteroatoms. The van der Waals surface area contributed by atoms with Crippen molar-refractivity contribution in [3.8, 4) is 0 Å². The predicted octanol–water partition coefficient (Wildman–Crippen LogP) is 2.09. The third-order valence-corrected chi connectivity index (χ3v) is 4.85. The largest absolute Gasteiger partial charge is 0.336 e. The van der Waals surface area contributed by atoms with Crippen LogP contribution in [0.5, 0.6) is 0 Å². The van der Waals surface area contributed by atoms with E-state index in [4.69, 9.17) is 11.6 Å². The number of hydrogen-bond acceptors (Lipinski definition) is 3. The van der Waals surface area contributed by atoms with Crippen molar-refractivity contribution >= 4 is 28.6 Å². The number of halogens is 1. The molecular formula is C14H19ClN2O3S. The van der Waals surface area contributed by atoms with Crippen molar-refractivity contribution in [2.24, 2.45) is 0 Å². The molecule has 0 saturated carbocycles. The molecule has 1 atom stereocenters. The van der Waals surface area contributed by atoms with E-state index in [1.54, 1.807) is 11.0 Å². The van der Waals surface area contributed by atoms with Crippen LogP contribution in [0.1, 0.15) is 24.2 Å². The fourth-order valence-electron chi connectivity index (χ4n) is 2.39. The van der Waals surface area contributed by atoms with Gasteiger partial charge in [-0.05, 0) is 32.0 Å². The molecule has 0 aromatic heterocycles. The fraction of sp³-hybridized carbons (Fsp3) is 0.500. The molecule has 1 unspecified atom stereocenters. The van der Waals surface area contributed by atoms with Crippen LogP contribution >= 0.6 is 11.6 Å². The monoisotopic (exact) mass is 330 g/mol. The zero-order chi connectivity index (χ0) is 15.6. The Morgan fingerprint density at radius 2 is 1.90 bits per heavy atom. The minimum Gasteiger partial charge on any atom is -0.336 e. The third-order valence-electron chi connectivity index (χ3n) is 3.70. The molecule has 1 heterocycles. The molecule has 0 radical (unpaired) electrons. The van der Waals surface area contributed by atoms with E-state index in [0.717, 1.165) is 13.1 Å². The van der Waals surface area contributed by atoms with Crippen LogP contribution < -0.4 is 0 Å². The quantitative estimate of drug-likeness (QED) is 0.862. The summed E-state index contributed by atoms with van der Waals surface area (Å²) in [6.07, 6.45) is 0. The van der Waals surface area contributed by atoms with Crippen LogP contribution in [-0.4, -0.2) is 56.7 Å². The summed E-state index contributed by atoms with van der Waals surface area (Å²) in [7, 11) is 0. The minimum atomic E-state index is -2.20. The number of rotatable bonds is 3. The van der Waals surface area contributed by atoms with E-state index < -0.39 is 11.1 Å². The van der Waals surface area contributed by atoms with Gasteiger partial charge in [0, 0.05) is 37.8 Å².